The summed E-state index contributed by atoms with van der Waals surface area (Å²) in [5.41, 5.74) is -1.90. The summed E-state index contributed by atoms with van der Waals surface area (Å²) in [6, 6.07) is 3.08. The maximum absolute atomic E-state index is 13.9. The van der Waals surface area contributed by atoms with E-state index in [0.29, 0.717) is 6.42 Å². The van der Waals surface area contributed by atoms with Crippen LogP contribution in [0.5, 0.6) is 0 Å². The summed E-state index contributed by atoms with van der Waals surface area (Å²) in [7, 11) is 0. The SMILES string of the molecule is CC1CC2C3CCC4=CC(=O)C=CC4(C)C3C(=O)CC2(C)C1(OC(=O)c1ccco1)C(=O)CCl. The number of fused-ring (bicyclic) bond motifs is 5. The first kappa shape index (κ1) is 23.3. The second-order valence-corrected chi connectivity index (χ2v) is 11.1. The number of allylic oxidation sites excluding steroid dienone is 4. The van der Waals surface area contributed by atoms with Crippen LogP contribution in [0, 0.1) is 34.5 Å². The number of ketones is 3. The largest absolute Gasteiger partial charge is 0.457 e. The van der Waals surface area contributed by atoms with Crippen molar-refractivity contribution in [3.63, 3.8) is 0 Å². The van der Waals surface area contributed by atoms with Crippen molar-refractivity contribution in [1.29, 1.82) is 0 Å². The van der Waals surface area contributed by atoms with Crippen molar-refractivity contribution in [1.82, 2.24) is 0 Å². The van der Waals surface area contributed by atoms with Crippen LogP contribution in [-0.4, -0.2) is 34.8 Å². The topological polar surface area (TPSA) is 90.7 Å². The third kappa shape index (κ3) is 2.93. The number of carbonyl (C=O) groups excluding carboxylic acids is 4. The number of Topliss-reactive ketones (excluding diaryl/α,β-unsaturated/α-hetero) is 2. The molecule has 34 heavy (non-hydrogen) atoms. The van der Waals surface area contributed by atoms with Gasteiger partial charge in [-0.25, -0.2) is 4.79 Å². The highest BCUT2D eigenvalue weighted by molar-refractivity contribution is 6.29. The van der Waals surface area contributed by atoms with E-state index in [4.69, 9.17) is 20.8 Å². The Bertz CT molecular complexity index is 1130. The minimum Gasteiger partial charge on any atom is -0.457 e. The molecule has 180 valence electrons. The summed E-state index contributed by atoms with van der Waals surface area (Å²) >= 11 is 6.09. The lowest BCUT2D eigenvalue weighted by Gasteiger charge is -2.57. The molecule has 0 bridgehead atoms. The smallest absolute Gasteiger partial charge is 0.375 e. The molecule has 0 spiro atoms. The van der Waals surface area contributed by atoms with Crippen LogP contribution in [0.3, 0.4) is 0 Å². The minimum absolute atomic E-state index is 0.00818. The third-order valence-corrected chi connectivity index (χ3v) is 9.55. The number of hydrogen-bond acceptors (Lipinski definition) is 6. The van der Waals surface area contributed by atoms with Crippen LogP contribution < -0.4 is 0 Å². The highest BCUT2D eigenvalue weighted by Gasteiger charge is 2.72. The zero-order valence-corrected chi connectivity index (χ0v) is 20.4. The van der Waals surface area contributed by atoms with Crippen molar-refractivity contribution in [2.45, 2.75) is 52.1 Å². The van der Waals surface area contributed by atoms with Crippen molar-refractivity contribution in [2.24, 2.45) is 34.5 Å². The number of rotatable bonds is 4. The Morgan fingerprint density at radius 3 is 2.71 bits per heavy atom. The second kappa shape index (κ2) is 7.77. The monoisotopic (exact) mass is 484 g/mol. The maximum Gasteiger partial charge on any atom is 0.375 e. The van der Waals surface area contributed by atoms with E-state index in [1.54, 1.807) is 18.2 Å². The lowest BCUT2D eigenvalue weighted by molar-refractivity contribution is -0.171. The molecule has 7 unspecified atom stereocenters. The number of hydrogen-bond donors (Lipinski definition) is 0. The Hall–Kier alpha value is -2.47. The number of carbonyl (C=O) groups is 4. The maximum atomic E-state index is 13.9. The number of furan rings is 1. The van der Waals surface area contributed by atoms with Gasteiger partial charge in [0.25, 0.3) is 0 Å². The van der Waals surface area contributed by atoms with Crippen molar-refractivity contribution >= 4 is 34.9 Å². The fourth-order valence-corrected chi connectivity index (χ4v) is 8.11. The fourth-order valence-electron chi connectivity index (χ4n) is 7.91. The first-order valence-electron chi connectivity index (χ1n) is 11.9. The molecule has 0 aromatic carbocycles. The highest BCUT2D eigenvalue weighted by atomic mass is 35.5. The van der Waals surface area contributed by atoms with Gasteiger partial charge in [-0.3, -0.25) is 14.4 Å². The Morgan fingerprint density at radius 1 is 1.26 bits per heavy atom. The Labute approximate surface area is 203 Å². The molecule has 0 N–H and O–H groups in total. The number of esters is 1. The zero-order valence-electron chi connectivity index (χ0n) is 19.6. The Kier molecular flexibility index (Phi) is 5.32. The van der Waals surface area contributed by atoms with Gasteiger partial charge in [-0.15, -0.1) is 11.6 Å². The molecule has 7 atom stereocenters. The molecule has 6 nitrogen and oxygen atoms in total. The summed E-state index contributed by atoms with van der Waals surface area (Å²) in [5.74, 6) is -1.96. The van der Waals surface area contributed by atoms with E-state index in [2.05, 4.69) is 0 Å². The molecule has 4 aliphatic carbocycles. The van der Waals surface area contributed by atoms with Gasteiger partial charge in [-0.05, 0) is 55.4 Å². The molecular weight excluding hydrogens is 456 g/mol. The van der Waals surface area contributed by atoms with Crippen molar-refractivity contribution in [3.05, 3.63) is 48.0 Å². The van der Waals surface area contributed by atoms with Gasteiger partial charge in [0.1, 0.15) is 5.78 Å². The van der Waals surface area contributed by atoms with E-state index in [0.717, 1.165) is 18.4 Å². The molecule has 0 saturated heterocycles. The normalized spacial score (nSPS) is 40.8. The lowest BCUT2D eigenvalue weighted by atomic mass is 9.46. The molecule has 4 aliphatic rings. The van der Waals surface area contributed by atoms with E-state index >= 15 is 0 Å². The molecule has 7 heteroatoms. The number of alkyl halides is 1. The van der Waals surface area contributed by atoms with Crippen LogP contribution in [0.15, 0.2) is 46.6 Å². The fraction of sp³-hybridized carbons (Fsp3) is 0.556. The van der Waals surface area contributed by atoms with E-state index in [9.17, 15) is 19.2 Å². The molecule has 1 aromatic heterocycles. The first-order valence-corrected chi connectivity index (χ1v) is 12.4. The van der Waals surface area contributed by atoms with Crippen LogP contribution in [0.2, 0.25) is 0 Å². The summed E-state index contributed by atoms with van der Waals surface area (Å²) in [4.78, 5) is 52.4. The molecule has 3 fully saturated rings. The van der Waals surface area contributed by atoms with Crippen LogP contribution in [-0.2, 0) is 19.1 Å². The van der Waals surface area contributed by atoms with Gasteiger partial charge in [0.2, 0.25) is 5.76 Å². The predicted octanol–water partition coefficient (Wildman–Crippen LogP) is 4.72. The van der Waals surface area contributed by atoms with Gasteiger partial charge in [-0.2, -0.15) is 0 Å². The minimum atomic E-state index is -1.51. The first-order chi connectivity index (χ1) is 16.1. The standard InChI is InChI=1S/C27H29ClO6/c1-15-11-19-18-7-6-16-12-17(29)8-9-25(16,2)23(18)20(30)13-26(19,3)27(15,22(31)14-28)34-24(32)21-5-4-10-33-21/h4-5,8-10,12,15,18-19,23H,6-7,11,13-14H2,1-3H3. The average molecular weight is 485 g/mol. The van der Waals surface area contributed by atoms with Gasteiger partial charge >= 0.3 is 5.97 Å². The van der Waals surface area contributed by atoms with Crippen LogP contribution in [0.25, 0.3) is 0 Å². The zero-order chi connectivity index (χ0) is 24.5. The van der Waals surface area contributed by atoms with Gasteiger partial charge < -0.3 is 9.15 Å². The van der Waals surface area contributed by atoms with Gasteiger partial charge in [0.15, 0.2) is 17.2 Å². The van der Waals surface area contributed by atoms with Crippen LogP contribution in [0.4, 0.5) is 0 Å². The molecule has 0 amide bonds. The van der Waals surface area contributed by atoms with E-state index < -0.39 is 22.4 Å². The lowest BCUT2D eigenvalue weighted by Crippen LogP contribution is -2.63. The van der Waals surface area contributed by atoms with Crippen molar-refractivity contribution < 1.29 is 28.3 Å². The number of ether oxygens (including phenoxy) is 1. The molecule has 5 rings (SSSR count). The molecule has 1 aromatic rings. The molecule has 0 radical (unpaired) electrons. The average Bonchev–Trinajstić information content (AvgIpc) is 3.40. The van der Waals surface area contributed by atoms with Gasteiger partial charge in [0.05, 0.1) is 12.1 Å². The Morgan fingerprint density at radius 2 is 2.03 bits per heavy atom. The van der Waals surface area contributed by atoms with Crippen molar-refractivity contribution in [3.8, 4) is 0 Å². The quantitative estimate of drug-likeness (QED) is 0.454. The number of halogens is 1. The summed E-state index contributed by atoms with van der Waals surface area (Å²) in [6.45, 7) is 5.88. The molecule has 1 heterocycles. The molecule has 0 aliphatic heterocycles. The molecule has 3 saturated carbocycles. The predicted molar refractivity (Wildman–Crippen MR) is 124 cm³/mol. The third-order valence-electron chi connectivity index (χ3n) is 9.31. The summed E-state index contributed by atoms with van der Waals surface area (Å²) in [5, 5.41) is 0. The van der Waals surface area contributed by atoms with E-state index in [1.807, 2.05) is 26.8 Å². The Balaban J connectivity index is 1.58. The summed E-state index contributed by atoms with van der Waals surface area (Å²) < 4.78 is 11.3. The van der Waals surface area contributed by atoms with Gasteiger partial charge in [0, 0.05) is 29.1 Å². The van der Waals surface area contributed by atoms with E-state index in [1.165, 1.54) is 12.3 Å². The van der Waals surface area contributed by atoms with Crippen LogP contribution >= 0.6 is 11.6 Å². The van der Waals surface area contributed by atoms with Crippen molar-refractivity contribution in [2.75, 3.05) is 5.88 Å². The second-order valence-electron chi connectivity index (χ2n) is 10.8. The van der Waals surface area contributed by atoms with Crippen LogP contribution in [0.1, 0.15) is 57.0 Å². The van der Waals surface area contributed by atoms with Gasteiger partial charge in [-0.1, -0.05) is 32.4 Å². The highest BCUT2D eigenvalue weighted by Crippen LogP contribution is 2.68. The van der Waals surface area contributed by atoms with E-state index in [-0.39, 0.29) is 59.1 Å². The molecular formula is C27H29ClO6. The summed E-state index contributed by atoms with van der Waals surface area (Å²) in [6.07, 6.45) is 8.76.